The fourth-order valence-electron chi connectivity index (χ4n) is 0.971. The van der Waals surface area contributed by atoms with Crippen LogP contribution in [0.2, 0.25) is 0 Å². The first-order chi connectivity index (χ1) is 3.91. The van der Waals surface area contributed by atoms with Gasteiger partial charge in [0, 0.05) is 0 Å². The van der Waals surface area contributed by atoms with E-state index in [1.165, 1.54) is 0 Å². The summed E-state index contributed by atoms with van der Waals surface area (Å²) < 4.78 is 21.5. The summed E-state index contributed by atoms with van der Waals surface area (Å²) in [7, 11) is -2.79. The standard InChI is InChI=1S/C5H9ClO2S/c1-5(6)2-3-9(7,8)4-5/h2-4H2,1H3. The summed E-state index contributed by atoms with van der Waals surface area (Å²) in [4.78, 5) is -0.487. The number of halogens is 1. The zero-order valence-corrected chi connectivity index (χ0v) is 6.80. The molecule has 1 aliphatic rings. The van der Waals surface area contributed by atoms with Gasteiger partial charge in [0.25, 0.3) is 0 Å². The predicted molar refractivity (Wildman–Crippen MR) is 37.5 cm³/mol. The topological polar surface area (TPSA) is 34.1 Å². The Kier molecular flexibility index (Phi) is 1.52. The molecule has 0 bridgehead atoms. The smallest absolute Gasteiger partial charge is 0.152 e. The van der Waals surface area contributed by atoms with Crippen molar-refractivity contribution in [1.82, 2.24) is 0 Å². The summed E-state index contributed by atoms with van der Waals surface area (Å²) in [5.74, 6) is 0.397. The van der Waals surface area contributed by atoms with Crippen LogP contribution in [0.25, 0.3) is 0 Å². The summed E-state index contributed by atoms with van der Waals surface area (Å²) in [6.07, 6.45) is 0.594. The van der Waals surface area contributed by atoms with Gasteiger partial charge in [-0.25, -0.2) is 8.42 Å². The van der Waals surface area contributed by atoms with E-state index in [1.807, 2.05) is 0 Å². The maximum atomic E-state index is 10.8. The lowest BCUT2D eigenvalue weighted by atomic mass is 10.1. The van der Waals surface area contributed by atoms with Gasteiger partial charge in [-0.1, -0.05) is 0 Å². The van der Waals surface area contributed by atoms with E-state index >= 15 is 0 Å². The first kappa shape index (κ1) is 7.35. The monoisotopic (exact) mass is 168 g/mol. The van der Waals surface area contributed by atoms with Gasteiger partial charge in [0.2, 0.25) is 0 Å². The zero-order chi connectivity index (χ0) is 7.12. The Morgan fingerprint density at radius 3 is 2.22 bits per heavy atom. The third-order valence-corrected chi connectivity index (χ3v) is 3.84. The van der Waals surface area contributed by atoms with Crippen LogP contribution in [0.15, 0.2) is 0 Å². The predicted octanol–water partition coefficient (Wildman–Crippen LogP) is 0.802. The summed E-state index contributed by atoms with van der Waals surface area (Å²) in [5.41, 5.74) is 0. The van der Waals surface area contributed by atoms with E-state index in [2.05, 4.69) is 0 Å². The van der Waals surface area contributed by atoms with Crippen molar-refractivity contribution in [3.05, 3.63) is 0 Å². The molecule has 0 aromatic carbocycles. The van der Waals surface area contributed by atoms with Crippen molar-refractivity contribution in [1.29, 1.82) is 0 Å². The van der Waals surface area contributed by atoms with E-state index in [4.69, 9.17) is 11.6 Å². The van der Waals surface area contributed by atoms with E-state index in [1.54, 1.807) is 6.92 Å². The molecule has 0 aromatic rings. The molecule has 2 nitrogen and oxygen atoms in total. The molecule has 0 saturated carbocycles. The van der Waals surface area contributed by atoms with Crippen LogP contribution in [0.4, 0.5) is 0 Å². The number of alkyl halides is 1. The number of sulfone groups is 1. The van der Waals surface area contributed by atoms with Crippen LogP contribution < -0.4 is 0 Å². The van der Waals surface area contributed by atoms with E-state index in [9.17, 15) is 8.42 Å². The normalized spacial score (nSPS) is 41.1. The van der Waals surface area contributed by atoms with Crippen LogP contribution in [0.1, 0.15) is 13.3 Å². The fourth-order valence-corrected chi connectivity index (χ4v) is 3.64. The van der Waals surface area contributed by atoms with Crippen molar-refractivity contribution in [2.45, 2.75) is 18.2 Å². The van der Waals surface area contributed by atoms with Crippen molar-refractivity contribution >= 4 is 21.4 Å². The van der Waals surface area contributed by atoms with Crippen LogP contribution in [0, 0.1) is 0 Å². The summed E-state index contributed by atoms with van der Waals surface area (Å²) in [5, 5.41) is 0. The Morgan fingerprint density at radius 2 is 2.11 bits per heavy atom. The molecule has 0 spiro atoms. The zero-order valence-electron chi connectivity index (χ0n) is 5.22. The van der Waals surface area contributed by atoms with Crippen LogP contribution in [-0.4, -0.2) is 24.8 Å². The summed E-state index contributed by atoms with van der Waals surface area (Å²) in [6.45, 7) is 1.76. The molecule has 0 radical (unpaired) electrons. The van der Waals surface area contributed by atoms with E-state index in [0.29, 0.717) is 6.42 Å². The molecule has 1 rings (SSSR count). The highest BCUT2D eigenvalue weighted by Gasteiger charge is 2.36. The highest BCUT2D eigenvalue weighted by Crippen LogP contribution is 2.28. The lowest BCUT2D eigenvalue weighted by Gasteiger charge is -2.08. The van der Waals surface area contributed by atoms with Gasteiger partial charge in [-0.2, -0.15) is 0 Å². The van der Waals surface area contributed by atoms with E-state index in [-0.39, 0.29) is 11.5 Å². The van der Waals surface area contributed by atoms with E-state index < -0.39 is 14.7 Å². The molecular formula is C5H9ClO2S. The molecule has 0 aromatic heterocycles. The van der Waals surface area contributed by atoms with Crippen LogP contribution in [0.5, 0.6) is 0 Å². The number of hydrogen-bond donors (Lipinski definition) is 0. The van der Waals surface area contributed by atoms with Crippen molar-refractivity contribution < 1.29 is 8.42 Å². The van der Waals surface area contributed by atoms with Gasteiger partial charge in [-0.15, -0.1) is 11.6 Å². The van der Waals surface area contributed by atoms with Crippen molar-refractivity contribution in [2.24, 2.45) is 0 Å². The quantitative estimate of drug-likeness (QED) is 0.502. The molecule has 0 N–H and O–H groups in total. The molecule has 1 aliphatic heterocycles. The number of hydrogen-bond acceptors (Lipinski definition) is 2. The number of rotatable bonds is 0. The first-order valence-corrected chi connectivity index (χ1v) is 5.01. The van der Waals surface area contributed by atoms with Crippen LogP contribution in [-0.2, 0) is 9.84 Å². The Bertz CT molecular complexity index is 205. The van der Waals surface area contributed by atoms with Gasteiger partial charge in [-0.05, 0) is 13.3 Å². The molecule has 1 heterocycles. The Labute approximate surface area is 60.1 Å². The largest absolute Gasteiger partial charge is 0.229 e. The van der Waals surface area contributed by atoms with Crippen molar-refractivity contribution in [2.75, 3.05) is 11.5 Å². The molecule has 54 valence electrons. The fraction of sp³-hybridized carbons (Fsp3) is 1.00. The molecule has 0 aliphatic carbocycles. The Morgan fingerprint density at radius 1 is 1.56 bits per heavy atom. The highest BCUT2D eigenvalue weighted by atomic mass is 35.5. The minimum Gasteiger partial charge on any atom is -0.229 e. The van der Waals surface area contributed by atoms with E-state index in [0.717, 1.165) is 0 Å². The second kappa shape index (κ2) is 1.86. The minimum absolute atomic E-state index is 0.140. The molecule has 1 fully saturated rings. The van der Waals surface area contributed by atoms with Crippen molar-refractivity contribution in [3.63, 3.8) is 0 Å². The van der Waals surface area contributed by atoms with Crippen LogP contribution >= 0.6 is 11.6 Å². The molecule has 1 saturated heterocycles. The highest BCUT2D eigenvalue weighted by molar-refractivity contribution is 7.91. The molecule has 4 heteroatoms. The third-order valence-electron chi connectivity index (χ3n) is 1.46. The Hall–Kier alpha value is 0.240. The SMILES string of the molecule is CC1(Cl)CCS(=O)(=O)C1. The average Bonchev–Trinajstić information content (AvgIpc) is 1.78. The maximum Gasteiger partial charge on any atom is 0.152 e. The first-order valence-electron chi connectivity index (χ1n) is 2.81. The minimum atomic E-state index is -2.79. The summed E-state index contributed by atoms with van der Waals surface area (Å²) in [6, 6.07) is 0. The third kappa shape index (κ3) is 1.83. The molecule has 1 unspecified atom stereocenters. The van der Waals surface area contributed by atoms with Gasteiger partial charge in [-0.3, -0.25) is 0 Å². The summed E-state index contributed by atoms with van der Waals surface area (Å²) >= 11 is 5.77. The van der Waals surface area contributed by atoms with Gasteiger partial charge < -0.3 is 0 Å². The van der Waals surface area contributed by atoms with Gasteiger partial charge >= 0.3 is 0 Å². The average molecular weight is 169 g/mol. The van der Waals surface area contributed by atoms with Gasteiger partial charge in [0.15, 0.2) is 9.84 Å². The lowest BCUT2D eigenvalue weighted by molar-refractivity contribution is 0.601. The lowest BCUT2D eigenvalue weighted by Crippen LogP contribution is -2.16. The van der Waals surface area contributed by atoms with Crippen LogP contribution in [0.3, 0.4) is 0 Å². The Balaban J connectivity index is 2.81. The van der Waals surface area contributed by atoms with Gasteiger partial charge in [0.1, 0.15) is 0 Å². The molecule has 9 heavy (non-hydrogen) atoms. The second-order valence-electron chi connectivity index (χ2n) is 2.76. The maximum absolute atomic E-state index is 10.8. The van der Waals surface area contributed by atoms with Crippen molar-refractivity contribution in [3.8, 4) is 0 Å². The van der Waals surface area contributed by atoms with Gasteiger partial charge in [0.05, 0.1) is 16.4 Å². The second-order valence-corrected chi connectivity index (χ2v) is 5.85. The molecule has 1 atom stereocenters. The molecular weight excluding hydrogens is 160 g/mol. The molecule has 0 amide bonds.